The highest BCUT2D eigenvalue weighted by Gasteiger charge is 2.24. The molecule has 3 rings (SSSR count). The molecular weight excluding hydrogens is 348 g/mol. The maximum absolute atomic E-state index is 13.2. The van der Waals surface area contributed by atoms with Gasteiger partial charge < -0.3 is 5.11 Å². The lowest BCUT2D eigenvalue weighted by atomic mass is 9.89. The smallest absolute Gasteiger partial charge is 0.337 e. The van der Waals surface area contributed by atoms with E-state index in [9.17, 15) is 14.7 Å². The van der Waals surface area contributed by atoms with Crippen LogP contribution in [-0.2, 0) is 4.79 Å². The Morgan fingerprint density at radius 1 is 0.615 bits per heavy atom. The van der Waals surface area contributed by atoms with Crippen LogP contribution in [-0.4, -0.2) is 16.9 Å². The lowest BCUT2D eigenvalue weighted by molar-refractivity contribution is -0.130. The van der Waals surface area contributed by atoms with E-state index in [1.165, 1.54) is 0 Å². The normalized spacial score (nSPS) is 11.6. The summed E-state index contributed by atoms with van der Waals surface area (Å²) in [6.07, 6.45) is 0. The number of carbonyl (C=O) groups is 2. The molecule has 1 N–H and O–H groups in total. The van der Waals surface area contributed by atoms with E-state index in [0.29, 0.717) is 21.7 Å². The van der Waals surface area contributed by atoms with Crippen LogP contribution in [0.3, 0.4) is 0 Å². The monoisotopic (exact) mass is 362 g/mol. The zero-order valence-corrected chi connectivity index (χ0v) is 14.5. The number of halogens is 1. The summed E-state index contributed by atoms with van der Waals surface area (Å²) in [6, 6.07) is 23.9. The van der Waals surface area contributed by atoms with Crippen LogP contribution in [0.4, 0.5) is 0 Å². The zero-order valence-electron chi connectivity index (χ0n) is 13.7. The number of Topliss-reactive ketones (excluding diaryl/α,β-unsaturated/α-hetero) is 1. The van der Waals surface area contributed by atoms with Gasteiger partial charge in [-0.3, -0.25) is 4.79 Å². The standard InChI is InChI=1S/C22H15ClO3/c23-18-13-11-17(12-14-18)21(24)19(15-7-3-1-4-8-15)20(22(25)26)16-9-5-2-6-10-16/h1-14H,(H,25,26)/b20-19-. The van der Waals surface area contributed by atoms with E-state index in [2.05, 4.69) is 0 Å². The van der Waals surface area contributed by atoms with Crippen molar-refractivity contribution in [3.8, 4) is 0 Å². The minimum Gasteiger partial charge on any atom is -0.478 e. The number of aliphatic carboxylic acids is 1. The first-order valence-electron chi connectivity index (χ1n) is 7.96. The van der Waals surface area contributed by atoms with Gasteiger partial charge in [-0.15, -0.1) is 0 Å². The summed E-state index contributed by atoms with van der Waals surface area (Å²) < 4.78 is 0. The molecule has 0 bridgehead atoms. The molecular formula is C22H15ClO3. The van der Waals surface area contributed by atoms with Crippen LogP contribution in [0.5, 0.6) is 0 Å². The van der Waals surface area contributed by atoms with Crippen LogP contribution in [0.1, 0.15) is 21.5 Å². The van der Waals surface area contributed by atoms with E-state index in [-0.39, 0.29) is 16.9 Å². The first kappa shape index (κ1) is 17.6. The van der Waals surface area contributed by atoms with Crippen LogP contribution >= 0.6 is 11.6 Å². The molecule has 128 valence electrons. The number of allylic oxidation sites excluding steroid dienone is 1. The molecule has 0 fully saturated rings. The molecule has 26 heavy (non-hydrogen) atoms. The lowest BCUT2D eigenvalue weighted by Crippen LogP contribution is -2.11. The summed E-state index contributed by atoms with van der Waals surface area (Å²) >= 11 is 5.90. The maximum Gasteiger partial charge on any atom is 0.337 e. The average molecular weight is 363 g/mol. The van der Waals surface area contributed by atoms with Crippen molar-refractivity contribution in [2.45, 2.75) is 0 Å². The van der Waals surface area contributed by atoms with Gasteiger partial charge in [0, 0.05) is 16.2 Å². The van der Waals surface area contributed by atoms with Crippen molar-refractivity contribution in [3.63, 3.8) is 0 Å². The van der Waals surface area contributed by atoms with E-state index in [0.717, 1.165) is 0 Å². The topological polar surface area (TPSA) is 54.4 Å². The second-order valence-electron chi connectivity index (χ2n) is 5.62. The molecule has 0 unspecified atom stereocenters. The number of hydrogen-bond donors (Lipinski definition) is 1. The number of hydrogen-bond acceptors (Lipinski definition) is 2. The Bertz CT molecular complexity index is 959. The third-order valence-electron chi connectivity index (χ3n) is 3.92. The molecule has 0 saturated heterocycles. The summed E-state index contributed by atoms with van der Waals surface area (Å²) in [5.74, 6) is -1.52. The van der Waals surface area contributed by atoms with E-state index in [4.69, 9.17) is 11.6 Å². The summed E-state index contributed by atoms with van der Waals surface area (Å²) in [5.41, 5.74) is 1.51. The van der Waals surface area contributed by atoms with Crippen molar-refractivity contribution in [1.82, 2.24) is 0 Å². The summed E-state index contributed by atoms with van der Waals surface area (Å²) in [4.78, 5) is 25.3. The molecule has 0 atom stereocenters. The second-order valence-corrected chi connectivity index (χ2v) is 6.06. The minimum atomic E-state index is -1.16. The van der Waals surface area contributed by atoms with Gasteiger partial charge in [0.25, 0.3) is 0 Å². The number of carbonyl (C=O) groups excluding carboxylic acids is 1. The molecule has 0 spiro atoms. The summed E-state index contributed by atoms with van der Waals surface area (Å²) in [7, 11) is 0. The molecule has 3 aromatic carbocycles. The quantitative estimate of drug-likeness (QED) is 0.384. The van der Waals surface area contributed by atoms with E-state index in [1.54, 1.807) is 78.9 Å². The van der Waals surface area contributed by atoms with Gasteiger partial charge in [-0.2, -0.15) is 0 Å². The zero-order chi connectivity index (χ0) is 18.5. The van der Waals surface area contributed by atoms with Gasteiger partial charge in [-0.25, -0.2) is 4.79 Å². The highest BCUT2D eigenvalue weighted by atomic mass is 35.5. The lowest BCUT2D eigenvalue weighted by Gasteiger charge is -2.13. The Labute approximate surface area is 156 Å². The fourth-order valence-electron chi connectivity index (χ4n) is 2.72. The summed E-state index contributed by atoms with van der Waals surface area (Å²) in [6.45, 7) is 0. The number of carboxylic acid groups (broad SMARTS) is 1. The Morgan fingerprint density at radius 3 is 1.54 bits per heavy atom. The number of ketones is 1. The molecule has 0 aliphatic rings. The third-order valence-corrected chi connectivity index (χ3v) is 4.17. The van der Waals surface area contributed by atoms with Gasteiger partial charge in [-0.05, 0) is 35.4 Å². The SMILES string of the molecule is O=C(O)/C(=C(\C(=O)c1ccc(Cl)cc1)c1ccccc1)c1ccccc1. The minimum absolute atomic E-state index is 0.0308. The van der Waals surface area contributed by atoms with Crippen molar-refractivity contribution in [2.24, 2.45) is 0 Å². The molecule has 0 saturated carbocycles. The first-order valence-corrected chi connectivity index (χ1v) is 8.34. The Hall–Kier alpha value is -3.17. The van der Waals surface area contributed by atoms with Crippen molar-refractivity contribution in [2.75, 3.05) is 0 Å². The fourth-order valence-corrected chi connectivity index (χ4v) is 2.84. The van der Waals surface area contributed by atoms with Crippen molar-refractivity contribution >= 4 is 34.5 Å². The van der Waals surface area contributed by atoms with Crippen LogP contribution in [0.25, 0.3) is 11.1 Å². The highest BCUT2D eigenvalue weighted by Crippen LogP contribution is 2.30. The largest absolute Gasteiger partial charge is 0.478 e. The molecule has 0 radical (unpaired) electrons. The molecule has 0 aliphatic carbocycles. The molecule has 4 heteroatoms. The predicted molar refractivity (Wildman–Crippen MR) is 103 cm³/mol. The Balaban J connectivity index is 2.28. The Morgan fingerprint density at radius 2 is 1.08 bits per heavy atom. The van der Waals surface area contributed by atoms with Gasteiger partial charge in [0.15, 0.2) is 5.78 Å². The summed E-state index contributed by atoms with van der Waals surface area (Å²) in [5, 5.41) is 10.4. The third kappa shape index (κ3) is 3.73. The van der Waals surface area contributed by atoms with Crippen LogP contribution in [0.2, 0.25) is 5.02 Å². The van der Waals surface area contributed by atoms with Crippen LogP contribution in [0, 0.1) is 0 Å². The van der Waals surface area contributed by atoms with Crippen LogP contribution < -0.4 is 0 Å². The number of benzene rings is 3. The number of rotatable bonds is 5. The van der Waals surface area contributed by atoms with Crippen molar-refractivity contribution in [3.05, 3.63) is 107 Å². The maximum atomic E-state index is 13.2. The van der Waals surface area contributed by atoms with E-state index in [1.807, 2.05) is 6.07 Å². The Kier molecular flexibility index (Phi) is 5.30. The highest BCUT2D eigenvalue weighted by molar-refractivity contribution is 6.42. The average Bonchev–Trinajstić information content (AvgIpc) is 2.67. The molecule has 0 heterocycles. The molecule has 0 aromatic heterocycles. The van der Waals surface area contributed by atoms with Crippen molar-refractivity contribution < 1.29 is 14.7 Å². The van der Waals surface area contributed by atoms with Crippen LogP contribution in [0.15, 0.2) is 84.9 Å². The molecule has 0 amide bonds. The van der Waals surface area contributed by atoms with Gasteiger partial charge in [0.2, 0.25) is 0 Å². The first-order chi connectivity index (χ1) is 12.6. The second kappa shape index (κ2) is 7.81. The van der Waals surface area contributed by atoms with Gasteiger partial charge >= 0.3 is 5.97 Å². The van der Waals surface area contributed by atoms with Crippen molar-refractivity contribution in [1.29, 1.82) is 0 Å². The molecule has 3 nitrogen and oxygen atoms in total. The van der Waals surface area contributed by atoms with E-state index >= 15 is 0 Å². The van der Waals surface area contributed by atoms with E-state index < -0.39 is 5.97 Å². The predicted octanol–water partition coefficient (Wildman–Crippen LogP) is 5.22. The van der Waals surface area contributed by atoms with Gasteiger partial charge in [-0.1, -0.05) is 72.3 Å². The molecule has 3 aromatic rings. The fraction of sp³-hybridized carbons (Fsp3) is 0. The number of carboxylic acids is 1. The molecule has 0 aliphatic heterocycles. The van der Waals surface area contributed by atoms with Gasteiger partial charge in [0.05, 0.1) is 5.57 Å². The van der Waals surface area contributed by atoms with Gasteiger partial charge in [0.1, 0.15) is 0 Å².